The van der Waals surface area contributed by atoms with Crippen molar-refractivity contribution in [1.82, 2.24) is 0 Å². The van der Waals surface area contributed by atoms with Crippen LogP contribution in [0.1, 0.15) is 16.7 Å². The van der Waals surface area contributed by atoms with Gasteiger partial charge in [0.15, 0.2) is 23.2 Å². The fourth-order valence-electron chi connectivity index (χ4n) is 3.31. The number of carbonyl (C=O) groups excluding carboxylic acids is 2. The number of hydrogen-bond donors (Lipinski definition) is 3. The maximum absolute atomic E-state index is 12.8. The molecule has 3 rings (SSSR count). The van der Waals surface area contributed by atoms with E-state index < -0.39 is 35.1 Å². The van der Waals surface area contributed by atoms with Gasteiger partial charge in [-0.05, 0) is 35.2 Å². The molecule has 0 bridgehead atoms. The van der Waals surface area contributed by atoms with Gasteiger partial charge >= 0.3 is 11.9 Å². The lowest BCUT2D eigenvalue weighted by Gasteiger charge is -2.16. The van der Waals surface area contributed by atoms with Crippen molar-refractivity contribution >= 4 is 11.9 Å². The van der Waals surface area contributed by atoms with Gasteiger partial charge in [0.25, 0.3) is 0 Å². The maximum atomic E-state index is 12.8. The Kier molecular flexibility index (Phi) is 8.30. The number of benzene rings is 3. The number of phenolic OH excluding ortho intramolecular Hbond substituents is 3. The van der Waals surface area contributed by atoms with E-state index in [2.05, 4.69) is 0 Å². The van der Waals surface area contributed by atoms with Crippen molar-refractivity contribution in [2.75, 3.05) is 13.2 Å². The van der Waals surface area contributed by atoms with Gasteiger partial charge < -0.3 is 24.8 Å². The minimum absolute atomic E-state index is 0.0860. The molecule has 33 heavy (non-hydrogen) atoms. The third-order valence-corrected chi connectivity index (χ3v) is 5.09. The molecule has 0 radical (unpaired) electrons. The first-order chi connectivity index (χ1) is 15.9. The highest BCUT2D eigenvalue weighted by Crippen LogP contribution is 2.36. The molecule has 0 heterocycles. The predicted octanol–water partition coefficient (Wildman–Crippen LogP) is 3.53. The van der Waals surface area contributed by atoms with E-state index in [0.717, 1.165) is 11.1 Å². The number of phenols is 3. The van der Waals surface area contributed by atoms with Crippen molar-refractivity contribution in [3.05, 3.63) is 89.5 Å². The van der Waals surface area contributed by atoms with Crippen LogP contribution < -0.4 is 0 Å². The second-order valence-corrected chi connectivity index (χ2v) is 7.55. The Morgan fingerprint density at radius 2 is 1.09 bits per heavy atom. The van der Waals surface area contributed by atoms with Crippen molar-refractivity contribution in [2.24, 2.45) is 5.92 Å². The molecule has 0 amide bonds. The van der Waals surface area contributed by atoms with E-state index >= 15 is 0 Å². The Morgan fingerprint density at radius 3 is 1.52 bits per heavy atom. The van der Waals surface area contributed by atoms with E-state index in [1.807, 2.05) is 60.7 Å². The van der Waals surface area contributed by atoms with Gasteiger partial charge in [0.05, 0.1) is 13.2 Å². The highest BCUT2D eigenvalue weighted by molar-refractivity contribution is 5.95. The second-order valence-electron chi connectivity index (χ2n) is 7.55. The third kappa shape index (κ3) is 7.00. The van der Waals surface area contributed by atoms with Crippen LogP contribution in [0.15, 0.2) is 72.8 Å². The summed E-state index contributed by atoms with van der Waals surface area (Å²) in [5.74, 6) is -4.60. The SMILES string of the molecule is O=C(OCCc1ccccc1)C(Cc1cc(O)c(O)c(O)c1)C(=O)OCCc1ccccc1. The fraction of sp³-hybridized carbons (Fsp3) is 0.231. The van der Waals surface area contributed by atoms with Crippen molar-refractivity contribution in [2.45, 2.75) is 19.3 Å². The zero-order chi connectivity index (χ0) is 23.6. The molecule has 0 aliphatic heterocycles. The van der Waals surface area contributed by atoms with E-state index in [9.17, 15) is 24.9 Å². The summed E-state index contributed by atoms with van der Waals surface area (Å²) in [6.45, 7) is 0.172. The summed E-state index contributed by atoms with van der Waals surface area (Å²) in [6.07, 6.45) is 0.808. The summed E-state index contributed by atoms with van der Waals surface area (Å²) in [7, 11) is 0. The molecule has 172 valence electrons. The minimum atomic E-state index is -1.29. The third-order valence-electron chi connectivity index (χ3n) is 5.09. The number of esters is 2. The normalized spacial score (nSPS) is 10.7. The van der Waals surface area contributed by atoms with Crippen molar-refractivity contribution in [1.29, 1.82) is 0 Å². The predicted molar refractivity (Wildman–Crippen MR) is 121 cm³/mol. The van der Waals surface area contributed by atoms with Crippen LogP contribution in [0.3, 0.4) is 0 Å². The van der Waals surface area contributed by atoms with Gasteiger partial charge in [-0.1, -0.05) is 60.7 Å². The van der Waals surface area contributed by atoms with E-state index in [1.54, 1.807) is 0 Å². The summed E-state index contributed by atoms with van der Waals surface area (Å²) in [4.78, 5) is 25.5. The number of hydrogen-bond acceptors (Lipinski definition) is 7. The molecule has 0 spiro atoms. The highest BCUT2D eigenvalue weighted by Gasteiger charge is 2.31. The Bertz CT molecular complexity index is 984. The molecule has 3 N–H and O–H groups in total. The van der Waals surface area contributed by atoms with Crippen LogP contribution in [-0.2, 0) is 38.3 Å². The molecular formula is C26H26O7. The smallest absolute Gasteiger partial charge is 0.320 e. The highest BCUT2D eigenvalue weighted by atomic mass is 16.6. The van der Waals surface area contributed by atoms with Crippen LogP contribution in [0, 0.1) is 5.92 Å². The average molecular weight is 450 g/mol. The quantitative estimate of drug-likeness (QED) is 0.246. The first-order valence-electron chi connectivity index (χ1n) is 10.6. The van der Waals surface area contributed by atoms with Crippen LogP contribution in [0.4, 0.5) is 0 Å². The first kappa shape index (κ1) is 23.7. The van der Waals surface area contributed by atoms with E-state index in [-0.39, 0.29) is 25.2 Å². The second kappa shape index (κ2) is 11.6. The molecule has 0 fully saturated rings. The number of ether oxygens (including phenoxy) is 2. The molecule has 0 aliphatic carbocycles. The monoisotopic (exact) mass is 450 g/mol. The molecule has 0 saturated heterocycles. The molecule has 0 unspecified atom stereocenters. The first-order valence-corrected chi connectivity index (χ1v) is 10.6. The lowest BCUT2D eigenvalue weighted by Crippen LogP contribution is -2.31. The van der Waals surface area contributed by atoms with Gasteiger partial charge in [0, 0.05) is 12.8 Å². The Hall–Kier alpha value is -4.00. The van der Waals surface area contributed by atoms with Gasteiger partial charge in [0.2, 0.25) is 0 Å². The molecule has 0 aromatic heterocycles. The lowest BCUT2D eigenvalue weighted by atomic mass is 9.98. The summed E-state index contributed by atoms with van der Waals surface area (Å²) in [5.41, 5.74) is 2.24. The van der Waals surface area contributed by atoms with E-state index in [0.29, 0.717) is 12.8 Å². The Morgan fingerprint density at radius 1 is 0.667 bits per heavy atom. The van der Waals surface area contributed by atoms with Crippen LogP contribution >= 0.6 is 0 Å². The van der Waals surface area contributed by atoms with Crippen LogP contribution in [0.2, 0.25) is 0 Å². The van der Waals surface area contributed by atoms with Gasteiger partial charge in [-0.2, -0.15) is 0 Å². The fourth-order valence-corrected chi connectivity index (χ4v) is 3.31. The zero-order valence-corrected chi connectivity index (χ0v) is 18.0. The Labute approximate surface area is 191 Å². The topological polar surface area (TPSA) is 113 Å². The maximum Gasteiger partial charge on any atom is 0.320 e. The van der Waals surface area contributed by atoms with Crippen LogP contribution in [0.5, 0.6) is 17.2 Å². The average Bonchev–Trinajstić information content (AvgIpc) is 2.82. The van der Waals surface area contributed by atoms with E-state index in [1.165, 1.54) is 12.1 Å². The van der Waals surface area contributed by atoms with Crippen LogP contribution in [-0.4, -0.2) is 40.5 Å². The van der Waals surface area contributed by atoms with Crippen molar-refractivity contribution in [3.63, 3.8) is 0 Å². The summed E-state index contributed by atoms with van der Waals surface area (Å²) >= 11 is 0. The van der Waals surface area contributed by atoms with Crippen molar-refractivity contribution in [3.8, 4) is 17.2 Å². The summed E-state index contributed by atoms with van der Waals surface area (Å²) < 4.78 is 10.7. The largest absolute Gasteiger partial charge is 0.504 e. The molecule has 0 aliphatic rings. The van der Waals surface area contributed by atoms with Gasteiger partial charge in [0.1, 0.15) is 0 Å². The lowest BCUT2D eigenvalue weighted by molar-refractivity contribution is -0.162. The number of rotatable bonds is 10. The number of aromatic hydroxyl groups is 3. The Balaban J connectivity index is 1.66. The van der Waals surface area contributed by atoms with Crippen molar-refractivity contribution < 1.29 is 34.4 Å². The van der Waals surface area contributed by atoms with Gasteiger partial charge in [-0.25, -0.2) is 0 Å². The summed E-state index contributed by atoms with van der Waals surface area (Å²) in [5, 5.41) is 29.1. The van der Waals surface area contributed by atoms with Gasteiger partial charge in [-0.3, -0.25) is 9.59 Å². The van der Waals surface area contributed by atoms with E-state index in [4.69, 9.17) is 9.47 Å². The molecular weight excluding hydrogens is 424 g/mol. The number of carbonyl (C=O) groups is 2. The molecule has 7 nitrogen and oxygen atoms in total. The molecule has 0 atom stereocenters. The molecule has 3 aromatic rings. The zero-order valence-electron chi connectivity index (χ0n) is 18.0. The van der Waals surface area contributed by atoms with Crippen LogP contribution in [0.25, 0.3) is 0 Å². The molecule has 3 aromatic carbocycles. The standard InChI is InChI=1S/C26H26O7/c27-22-16-20(17-23(28)24(22)29)15-21(25(30)32-13-11-18-7-3-1-4-8-18)26(31)33-14-12-19-9-5-2-6-10-19/h1-10,16-17,21,27-29H,11-15H2. The summed E-state index contributed by atoms with van der Waals surface area (Å²) in [6, 6.07) is 21.3. The minimum Gasteiger partial charge on any atom is -0.504 e. The molecule has 0 saturated carbocycles. The molecule has 7 heteroatoms. The van der Waals surface area contributed by atoms with Gasteiger partial charge in [-0.15, -0.1) is 0 Å².